The SMILES string of the molecule is O=C(NNC(=O)[C@@H]1[C@@H](C(=O)O)[C@H]2C=C[C@H]1C2)c1ccc(Cl)cc1. The minimum atomic E-state index is -0.981. The lowest BCUT2D eigenvalue weighted by Gasteiger charge is -2.23. The van der Waals surface area contributed by atoms with Crippen LogP contribution in [0.15, 0.2) is 36.4 Å². The number of hydrogen-bond acceptors (Lipinski definition) is 3. The van der Waals surface area contributed by atoms with Gasteiger partial charge in [0.05, 0.1) is 11.8 Å². The Morgan fingerprint density at radius 1 is 1.00 bits per heavy atom. The Bertz CT molecular complexity index is 686. The van der Waals surface area contributed by atoms with Crippen LogP contribution in [0.5, 0.6) is 0 Å². The summed E-state index contributed by atoms with van der Waals surface area (Å²) in [5.41, 5.74) is 5.00. The molecule has 120 valence electrons. The fourth-order valence-corrected chi connectivity index (χ4v) is 3.52. The van der Waals surface area contributed by atoms with Gasteiger partial charge in [-0.3, -0.25) is 25.2 Å². The van der Waals surface area contributed by atoms with Gasteiger partial charge in [-0.05, 0) is 42.5 Å². The number of aliphatic carboxylic acids is 1. The lowest BCUT2D eigenvalue weighted by molar-refractivity contribution is -0.148. The number of allylic oxidation sites excluding steroid dienone is 2. The van der Waals surface area contributed by atoms with Crippen LogP contribution in [0, 0.1) is 23.7 Å². The van der Waals surface area contributed by atoms with Crippen LogP contribution in [0.1, 0.15) is 16.8 Å². The van der Waals surface area contributed by atoms with Gasteiger partial charge in [-0.1, -0.05) is 23.8 Å². The minimum Gasteiger partial charge on any atom is -0.481 e. The molecule has 0 aliphatic heterocycles. The van der Waals surface area contributed by atoms with Crippen LogP contribution >= 0.6 is 11.6 Å². The van der Waals surface area contributed by atoms with Crippen LogP contribution < -0.4 is 10.9 Å². The predicted molar refractivity (Wildman–Crippen MR) is 82.4 cm³/mol. The molecule has 0 heterocycles. The number of amides is 2. The van der Waals surface area contributed by atoms with E-state index < -0.39 is 29.6 Å². The molecule has 0 saturated heterocycles. The Balaban J connectivity index is 1.63. The first kappa shape index (κ1) is 15.6. The van der Waals surface area contributed by atoms with E-state index in [9.17, 15) is 19.5 Å². The molecule has 1 aromatic rings. The second kappa shape index (κ2) is 6.04. The van der Waals surface area contributed by atoms with Crippen molar-refractivity contribution >= 4 is 29.4 Å². The number of hydrazine groups is 1. The molecule has 3 N–H and O–H groups in total. The second-order valence-corrected chi connectivity index (χ2v) is 6.22. The van der Waals surface area contributed by atoms with Crippen molar-refractivity contribution in [1.82, 2.24) is 10.9 Å². The maximum atomic E-state index is 12.3. The van der Waals surface area contributed by atoms with Crippen LogP contribution in [0.25, 0.3) is 0 Å². The zero-order chi connectivity index (χ0) is 16.6. The lowest BCUT2D eigenvalue weighted by atomic mass is 9.82. The number of fused-ring (bicyclic) bond motifs is 2. The maximum Gasteiger partial charge on any atom is 0.307 e. The first-order valence-electron chi connectivity index (χ1n) is 7.24. The Morgan fingerprint density at radius 2 is 1.61 bits per heavy atom. The Labute approximate surface area is 137 Å². The zero-order valence-corrected chi connectivity index (χ0v) is 12.8. The highest BCUT2D eigenvalue weighted by Crippen LogP contribution is 2.48. The van der Waals surface area contributed by atoms with E-state index in [0.29, 0.717) is 17.0 Å². The molecule has 23 heavy (non-hydrogen) atoms. The monoisotopic (exact) mass is 334 g/mol. The second-order valence-electron chi connectivity index (χ2n) is 5.79. The summed E-state index contributed by atoms with van der Waals surface area (Å²) >= 11 is 5.75. The highest BCUT2D eigenvalue weighted by molar-refractivity contribution is 6.30. The number of carboxylic acid groups (broad SMARTS) is 1. The molecule has 1 saturated carbocycles. The molecule has 1 fully saturated rings. The zero-order valence-electron chi connectivity index (χ0n) is 12.0. The van der Waals surface area contributed by atoms with Crippen LogP contribution in [-0.2, 0) is 9.59 Å². The largest absolute Gasteiger partial charge is 0.481 e. The van der Waals surface area contributed by atoms with Crippen molar-refractivity contribution < 1.29 is 19.5 Å². The summed E-state index contributed by atoms with van der Waals surface area (Å²) in [5.74, 6) is -3.54. The van der Waals surface area contributed by atoms with Crippen molar-refractivity contribution in [2.75, 3.05) is 0 Å². The van der Waals surface area contributed by atoms with E-state index >= 15 is 0 Å². The first-order chi connectivity index (χ1) is 11.0. The van der Waals surface area contributed by atoms with Gasteiger partial charge in [0.2, 0.25) is 5.91 Å². The summed E-state index contributed by atoms with van der Waals surface area (Å²) in [6.45, 7) is 0. The smallest absolute Gasteiger partial charge is 0.307 e. The van der Waals surface area contributed by atoms with Crippen molar-refractivity contribution in [3.05, 3.63) is 47.0 Å². The molecule has 1 aromatic carbocycles. The van der Waals surface area contributed by atoms with Gasteiger partial charge in [-0.25, -0.2) is 0 Å². The van der Waals surface area contributed by atoms with Gasteiger partial charge in [0, 0.05) is 10.6 Å². The molecule has 2 aliphatic carbocycles. The Kier molecular flexibility index (Phi) is 4.09. The van der Waals surface area contributed by atoms with Crippen molar-refractivity contribution in [3.8, 4) is 0 Å². The van der Waals surface area contributed by atoms with E-state index in [1.54, 1.807) is 12.1 Å². The molecule has 0 spiro atoms. The highest BCUT2D eigenvalue weighted by atomic mass is 35.5. The summed E-state index contributed by atoms with van der Waals surface area (Å²) in [6, 6.07) is 6.20. The van der Waals surface area contributed by atoms with Crippen LogP contribution in [-0.4, -0.2) is 22.9 Å². The highest BCUT2D eigenvalue weighted by Gasteiger charge is 2.51. The molecule has 3 rings (SSSR count). The molecular weight excluding hydrogens is 320 g/mol. The topological polar surface area (TPSA) is 95.5 Å². The summed E-state index contributed by atoms with van der Waals surface area (Å²) in [7, 11) is 0. The first-order valence-corrected chi connectivity index (χ1v) is 7.62. The van der Waals surface area contributed by atoms with Crippen molar-refractivity contribution in [2.45, 2.75) is 6.42 Å². The van der Waals surface area contributed by atoms with Crippen molar-refractivity contribution in [2.24, 2.45) is 23.7 Å². The Morgan fingerprint density at radius 3 is 2.22 bits per heavy atom. The van der Waals surface area contributed by atoms with Gasteiger partial charge < -0.3 is 5.11 Å². The van der Waals surface area contributed by atoms with Gasteiger partial charge in [-0.15, -0.1) is 0 Å². The summed E-state index contributed by atoms with van der Waals surface area (Å²) < 4.78 is 0. The van der Waals surface area contributed by atoms with E-state index in [4.69, 9.17) is 11.6 Å². The van der Waals surface area contributed by atoms with Crippen molar-refractivity contribution in [3.63, 3.8) is 0 Å². The summed E-state index contributed by atoms with van der Waals surface area (Å²) in [5, 5.41) is 9.83. The number of halogens is 1. The fraction of sp³-hybridized carbons (Fsp3) is 0.312. The number of rotatable bonds is 3. The van der Waals surface area contributed by atoms with E-state index in [-0.39, 0.29) is 11.8 Å². The number of hydrogen-bond donors (Lipinski definition) is 3. The number of carbonyl (C=O) groups is 3. The molecule has 2 aliphatic rings. The number of benzene rings is 1. The predicted octanol–water partition coefficient (Wildman–Crippen LogP) is 1.62. The van der Waals surface area contributed by atoms with Gasteiger partial charge in [0.25, 0.3) is 5.91 Å². The molecule has 0 radical (unpaired) electrons. The molecule has 7 heteroatoms. The third-order valence-corrected chi connectivity index (χ3v) is 4.70. The van der Waals surface area contributed by atoms with Crippen molar-refractivity contribution in [1.29, 1.82) is 0 Å². The lowest BCUT2D eigenvalue weighted by Crippen LogP contribution is -2.48. The van der Waals surface area contributed by atoms with E-state index in [1.807, 2.05) is 12.2 Å². The third kappa shape index (κ3) is 2.94. The quantitative estimate of drug-likeness (QED) is 0.578. The Hall–Kier alpha value is -2.34. The van der Waals surface area contributed by atoms with Gasteiger partial charge in [0.15, 0.2) is 0 Å². The van der Waals surface area contributed by atoms with Gasteiger partial charge >= 0.3 is 5.97 Å². The summed E-state index contributed by atoms with van der Waals surface area (Å²) in [4.78, 5) is 35.6. The molecule has 4 atom stereocenters. The van der Waals surface area contributed by atoms with Gasteiger partial charge in [0.1, 0.15) is 0 Å². The average molecular weight is 335 g/mol. The minimum absolute atomic E-state index is 0.0893. The number of carbonyl (C=O) groups excluding carboxylic acids is 2. The average Bonchev–Trinajstić information content (AvgIpc) is 3.13. The molecule has 2 bridgehead atoms. The maximum absolute atomic E-state index is 12.3. The van der Waals surface area contributed by atoms with E-state index in [2.05, 4.69) is 10.9 Å². The molecule has 2 amide bonds. The molecule has 0 unspecified atom stereocenters. The van der Waals surface area contributed by atoms with Crippen LogP contribution in [0.4, 0.5) is 0 Å². The summed E-state index contributed by atoms with van der Waals surface area (Å²) in [6.07, 6.45) is 4.41. The fourth-order valence-electron chi connectivity index (χ4n) is 3.39. The third-order valence-electron chi connectivity index (χ3n) is 4.45. The van der Waals surface area contributed by atoms with E-state index in [0.717, 1.165) is 0 Å². The van der Waals surface area contributed by atoms with Crippen LogP contribution in [0.2, 0.25) is 5.02 Å². The standard InChI is InChI=1S/C16H15ClN2O4/c17-11-5-3-8(4-6-11)14(20)18-19-15(21)12-9-1-2-10(7-9)13(12)16(22)23/h1-6,9-10,12-13H,7H2,(H,18,20)(H,19,21)(H,22,23)/t9-,10-,12-,13-/m0/s1. The van der Waals surface area contributed by atoms with E-state index in [1.165, 1.54) is 12.1 Å². The number of nitrogens with one attached hydrogen (secondary N) is 2. The van der Waals surface area contributed by atoms with Crippen LogP contribution in [0.3, 0.4) is 0 Å². The normalized spacial score (nSPS) is 27.7. The molecule has 0 aromatic heterocycles. The molecule has 6 nitrogen and oxygen atoms in total. The molecular formula is C16H15ClN2O4. The number of carboxylic acids is 1. The van der Waals surface area contributed by atoms with Gasteiger partial charge in [-0.2, -0.15) is 0 Å².